The number of ether oxygens (including phenoxy) is 1. The number of nitrogens with zero attached hydrogens (tertiary/aromatic N) is 1. The van der Waals surface area contributed by atoms with Crippen molar-refractivity contribution in [3.8, 4) is 16.9 Å². The zero-order chi connectivity index (χ0) is 21.3. The summed E-state index contributed by atoms with van der Waals surface area (Å²) in [5.74, 6) is -1.76. The summed E-state index contributed by atoms with van der Waals surface area (Å²) in [7, 11) is 0. The number of hydrogen-bond acceptors (Lipinski definition) is 5. The van der Waals surface area contributed by atoms with Crippen LogP contribution in [0.4, 0.5) is 4.39 Å². The Morgan fingerprint density at radius 3 is 2.57 bits per heavy atom. The van der Waals surface area contributed by atoms with E-state index in [-0.39, 0.29) is 24.5 Å². The molecule has 5 nitrogen and oxygen atoms in total. The maximum absolute atomic E-state index is 14.2. The molecule has 0 saturated carbocycles. The molecule has 0 aliphatic rings. The van der Waals surface area contributed by atoms with Gasteiger partial charge >= 0.3 is 5.97 Å². The summed E-state index contributed by atoms with van der Waals surface area (Å²) in [6.45, 7) is 2.22. The van der Waals surface area contributed by atoms with Crippen molar-refractivity contribution >= 4 is 23.0 Å². The number of oxime groups is 1. The fourth-order valence-electron chi connectivity index (χ4n) is 2.88. The summed E-state index contributed by atoms with van der Waals surface area (Å²) in [5.41, 5.74) is 4.20. The topological polar surface area (TPSA) is 68.1 Å². The van der Waals surface area contributed by atoms with Crippen LogP contribution in [0, 0.1) is 5.82 Å². The number of rotatable bonds is 10. The van der Waals surface area contributed by atoms with Crippen molar-refractivity contribution in [3.05, 3.63) is 76.2 Å². The molecule has 0 unspecified atom stereocenters. The van der Waals surface area contributed by atoms with Crippen LogP contribution in [-0.4, -0.2) is 30.0 Å². The fraction of sp³-hybridized carbons (Fsp3) is 0.217. The molecule has 0 fully saturated rings. The van der Waals surface area contributed by atoms with E-state index >= 15 is 0 Å². The Morgan fingerprint density at radius 2 is 1.90 bits per heavy atom. The molecule has 3 rings (SSSR count). The lowest BCUT2D eigenvalue weighted by atomic mass is 10.0. The van der Waals surface area contributed by atoms with Crippen molar-refractivity contribution in [2.75, 3.05) is 13.2 Å². The van der Waals surface area contributed by atoms with Crippen LogP contribution in [0.15, 0.2) is 64.4 Å². The summed E-state index contributed by atoms with van der Waals surface area (Å²) in [4.78, 5) is 16.1. The van der Waals surface area contributed by atoms with Crippen molar-refractivity contribution in [1.82, 2.24) is 0 Å². The van der Waals surface area contributed by atoms with Crippen molar-refractivity contribution in [2.24, 2.45) is 5.16 Å². The van der Waals surface area contributed by atoms with Gasteiger partial charge in [-0.3, -0.25) is 4.79 Å². The molecule has 1 heterocycles. The molecule has 30 heavy (non-hydrogen) atoms. The standard InChI is InChI=1S/C23H22FNO4S/c1-2-20(17-8-6-16(7-9-17)19-10-13-30-15-19)25-29-12-11-28-21-5-3-4-18(23(21)24)14-22(26)27/h3-10,13,15H,2,11-12,14H2,1H3,(H,26,27). The third-order valence-electron chi connectivity index (χ3n) is 4.40. The van der Waals surface area contributed by atoms with Crippen LogP contribution in [0.2, 0.25) is 0 Å². The minimum absolute atomic E-state index is 0.000985. The van der Waals surface area contributed by atoms with Gasteiger partial charge in [-0.2, -0.15) is 11.3 Å². The second kappa shape index (κ2) is 10.5. The van der Waals surface area contributed by atoms with E-state index in [0.29, 0.717) is 6.42 Å². The van der Waals surface area contributed by atoms with Crippen LogP contribution >= 0.6 is 11.3 Å². The van der Waals surface area contributed by atoms with Crippen molar-refractivity contribution in [1.29, 1.82) is 0 Å². The van der Waals surface area contributed by atoms with Gasteiger partial charge in [-0.05, 0) is 46.0 Å². The van der Waals surface area contributed by atoms with Gasteiger partial charge in [-0.1, -0.05) is 48.5 Å². The molecule has 0 saturated heterocycles. The maximum atomic E-state index is 14.2. The molecule has 156 valence electrons. The van der Waals surface area contributed by atoms with Gasteiger partial charge in [0.05, 0.1) is 12.1 Å². The van der Waals surface area contributed by atoms with Crippen molar-refractivity contribution in [2.45, 2.75) is 19.8 Å². The lowest BCUT2D eigenvalue weighted by molar-refractivity contribution is -0.136. The second-order valence-corrected chi connectivity index (χ2v) is 7.24. The monoisotopic (exact) mass is 427 g/mol. The average Bonchev–Trinajstić information content (AvgIpc) is 3.28. The minimum atomic E-state index is -1.10. The number of thiophene rings is 1. The molecule has 0 atom stereocenters. The van der Waals surface area contributed by atoms with E-state index in [9.17, 15) is 9.18 Å². The Morgan fingerprint density at radius 1 is 1.10 bits per heavy atom. The highest BCUT2D eigenvalue weighted by Crippen LogP contribution is 2.23. The van der Waals surface area contributed by atoms with Crippen LogP contribution in [0.25, 0.3) is 11.1 Å². The highest BCUT2D eigenvalue weighted by Gasteiger charge is 2.12. The van der Waals surface area contributed by atoms with Gasteiger partial charge < -0.3 is 14.7 Å². The molecule has 1 aromatic heterocycles. The highest BCUT2D eigenvalue weighted by atomic mass is 32.1. The first-order chi connectivity index (χ1) is 14.6. The minimum Gasteiger partial charge on any atom is -0.487 e. The van der Waals surface area contributed by atoms with Gasteiger partial charge in [-0.25, -0.2) is 4.39 Å². The number of benzene rings is 2. The largest absolute Gasteiger partial charge is 0.487 e. The molecule has 0 aliphatic carbocycles. The summed E-state index contributed by atoms with van der Waals surface area (Å²) in [5, 5.41) is 17.2. The highest BCUT2D eigenvalue weighted by molar-refractivity contribution is 7.08. The summed E-state index contributed by atoms with van der Waals surface area (Å²) in [6, 6.07) is 14.7. The predicted octanol–water partition coefficient (Wildman–Crippen LogP) is 5.39. The predicted molar refractivity (Wildman–Crippen MR) is 116 cm³/mol. The van der Waals surface area contributed by atoms with E-state index in [1.165, 1.54) is 17.7 Å². The summed E-state index contributed by atoms with van der Waals surface area (Å²) >= 11 is 1.66. The number of halogens is 1. The molecule has 7 heteroatoms. The number of carbonyl (C=O) groups is 1. The summed E-state index contributed by atoms with van der Waals surface area (Å²) < 4.78 is 19.6. The zero-order valence-corrected chi connectivity index (χ0v) is 17.3. The second-order valence-electron chi connectivity index (χ2n) is 6.46. The Hall–Kier alpha value is -3.19. The third kappa shape index (κ3) is 5.67. The maximum Gasteiger partial charge on any atom is 0.307 e. The van der Waals surface area contributed by atoms with Gasteiger partial charge in [-0.15, -0.1) is 0 Å². The Balaban J connectivity index is 1.54. The lowest BCUT2D eigenvalue weighted by Crippen LogP contribution is -2.09. The average molecular weight is 427 g/mol. The molecule has 0 spiro atoms. The van der Waals surface area contributed by atoms with Crippen LogP contribution in [0.5, 0.6) is 5.75 Å². The number of aliphatic carboxylic acids is 1. The Labute approximate surface area is 178 Å². The normalized spacial score (nSPS) is 11.3. The van der Waals surface area contributed by atoms with E-state index in [4.69, 9.17) is 14.7 Å². The van der Waals surface area contributed by atoms with E-state index < -0.39 is 18.2 Å². The van der Waals surface area contributed by atoms with Crippen LogP contribution in [-0.2, 0) is 16.1 Å². The fourth-order valence-corrected chi connectivity index (χ4v) is 3.55. The molecule has 0 aliphatic heterocycles. The van der Waals surface area contributed by atoms with Gasteiger partial charge in [0.25, 0.3) is 0 Å². The molecule has 3 aromatic rings. The van der Waals surface area contributed by atoms with Gasteiger partial charge in [0.1, 0.15) is 6.61 Å². The first kappa shape index (κ1) is 21.5. The van der Waals surface area contributed by atoms with Crippen molar-refractivity contribution < 1.29 is 23.9 Å². The Bertz CT molecular complexity index is 1000. The van der Waals surface area contributed by atoms with Gasteiger partial charge in [0, 0.05) is 5.56 Å². The van der Waals surface area contributed by atoms with E-state index in [2.05, 4.69) is 28.7 Å². The summed E-state index contributed by atoms with van der Waals surface area (Å²) in [6.07, 6.45) is 0.305. The third-order valence-corrected chi connectivity index (χ3v) is 5.08. The lowest BCUT2D eigenvalue weighted by Gasteiger charge is -2.09. The molecule has 0 radical (unpaired) electrons. The molecule has 0 amide bonds. The Kier molecular flexibility index (Phi) is 7.57. The quantitative estimate of drug-likeness (QED) is 0.268. The molecule has 1 N–H and O–H groups in total. The first-order valence-electron chi connectivity index (χ1n) is 9.52. The zero-order valence-electron chi connectivity index (χ0n) is 16.5. The number of carboxylic acids is 1. The van der Waals surface area contributed by atoms with Gasteiger partial charge in [0.2, 0.25) is 0 Å². The molecule has 2 aromatic carbocycles. The van der Waals surface area contributed by atoms with E-state index in [1.54, 1.807) is 17.4 Å². The molecular formula is C23H22FNO4S. The first-order valence-corrected chi connectivity index (χ1v) is 10.5. The van der Waals surface area contributed by atoms with E-state index in [0.717, 1.165) is 16.8 Å². The molecule has 0 bridgehead atoms. The SMILES string of the molecule is CCC(=NOCCOc1cccc(CC(=O)O)c1F)c1ccc(-c2ccsc2)cc1. The molecular weight excluding hydrogens is 405 g/mol. The van der Waals surface area contributed by atoms with Gasteiger partial charge in [0.15, 0.2) is 18.2 Å². The number of carboxylic acid groups (broad SMARTS) is 1. The van der Waals surface area contributed by atoms with E-state index in [1.807, 2.05) is 24.4 Å². The number of hydrogen-bond donors (Lipinski definition) is 1. The van der Waals surface area contributed by atoms with Crippen LogP contribution in [0.1, 0.15) is 24.5 Å². The van der Waals surface area contributed by atoms with Crippen molar-refractivity contribution in [3.63, 3.8) is 0 Å². The van der Waals surface area contributed by atoms with Crippen LogP contribution in [0.3, 0.4) is 0 Å². The van der Waals surface area contributed by atoms with Crippen LogP contribution < -0.4 is 4.74 Å². The smallest absolute Gasteiger partial charge is 0.307 e.